The van der Waals surface area contributed by atoms with Gasteiger partial charge in [-0.2, -0.15) is 0 Å². The van der Waals surface area contributed by atoms with E-state index in [1.807, 2.05) is 25.2 Å². The minimum absolute atomic E-state index is 0.233. The predicted octanol–water partition coefficient (Wildman–Crippen LogP) is 3.03. The molecule has 0 fully saturated rings. The van der Waals surface area contributed by atoms with Crippen LogP contribution in [0.15, 0.2) is 18.2 Å². The highest BCUT2D eigenvalue weighted by Crippen LogP contribution is 2.45. The van der Waals surface area contributed by atoms with Gasteiger partial charge in [-0.3, -0.25) is 5.01 Å². The molecule has 0 bridgehead atoms. The summed E-state index contributed by atoms with van der Waals surface area (Å²) in [4.78, 5) is 0. The topological polar surface area (TPSA) is 15.3 Å². The van der Waals surface area contributed by atoms with Gasteiger partial charge in [0.15, 0.2) is 0 Å². The summed E-state index contributed by atoms with van der Waals surface area (Å²) in [5, 5.41) is 2.84. The van der Waals surface area contributed by atoms with Gasteiger partial charge >= 0.3 is 0 Å². The van der Waals surface area contributed by atoms with Crippen molar-refractivity contribution < 1.29 is 0 Å². The molecule has 1 aromatic rings. The van der Waals surface area contributed by atoms with Crippen molar-refractivity contribution in [2.45, 2.75) is 26.3 Å². The Bertz CT molecular complexity index is 399. The fourth-order valence-electron chi connectivity index (χ4n) is 2.51. The number of halogens is 1. The zero-order valence-electron chi connectivity index (χ0n) is 10.3. The monoisotopic (exact) mass is 238 g/mol. The number of nitrogens with one attached hydrogen (secondary N) is 1. The molecule has 1 atom stereocenters. The molecule has 2 nitrogen and oxygen atoms in total. The van der Waals surface area contributed by atoms with E-state index in [0.717, 1.165) is 11.4 Å². The Labute approximate surface area is 103 Å². The van der Waals surface area contributed by atoms with Crippen LogP contribution in [-0.2, 0) is 6.42 Å². The van der Waals surface area contributed by atoms with Gasteiger partial charge < -0.3 is 0 Å². The standard InChI is InChI=1S/C13H19ClN2/c1-13(2)8-9-5-6-10(14)7-11(9)12(13)15-16(3)4/h5-7,12,15H,8H2,1-4H3. The number of hydrogen-bond acceptors (Lipinski definition) is 2. The van der Waals surface area contributed by atoms with E-state index in [1.54, 1.807) is 0 Å². The second-order valence-corrected chi connectivity index (χ2v) is 5.90. The number of fused-ring (bicyclic) bond motifs is 1. The molecule has 0 saturated carbocycles. The van der Waals surface area contributed by atoms with Crippen LogP contribution in [0.3, 0.4) is 0 Å². The van der Waals surface area contributed by atoms with Crippen LogP contribution in [0.2, 0.25) is 5.02 Å². The first-order chi connectivity index (χ1) is 7.40. The highest BCUT2D eigenvalue weighted by molar-refractivity contribution is 6.30. The third-order valence-electron chi connectivity index (χ3n) is 3.23. The highest BCUT2D eigenvalue weighted by atomic mass is 35.5. The molecule has 0 spiro atoms. The highest BCUT2D eigenvalue weighted by Gasteiger charge is 2.39. The molecule has 0 radical (unpaired) electrons. The van der Waals surface area contributed by atoms with Gasteiger partial charge in [-0.25, -0.2) is 5.43 Å². The van der Waals surface area contributed by atoms with Gasteiger partial charge in [-0.05, 0) is 35.1 Å². The summed E-state index contributed by atoms with van der Waals surface area (Å²) in [7, 11) is 4.05. The summed E-state index contributed by atoms with van der Waals surface area (Å²) in [6.07, 6.45) is 1.10. The lowest BCUT2D eigenvalue weighted by Crippen LogP contribution is -2.39. The third-order valence-corrected chi connectivity index (χ3v) is 3.47. The number of benzene rings is 1. The molecule has 2 rings (SSSR count). The quantitative estimate of drug-likeness (QED) is 0.797. The molecule has 0 heterocycles. The zero-order valence-corrected chi connectivity index (χ0v) is 11.1. The van der Waals surface area contributed by atoms with Gasteiger partial charge in [0, 0.05) is 19.1 Å². The van der Waals surface area contributed by atoms with E-state index in [4.69, 9.17) is 11.6 Å². The Morgan fingerprint density at radius 1 is 1.38 bits per heavy atom. The van der Waals surface area contributed by atoms with E-state index in [1.165, 1.54) is 11.1 Å². The number of hydrazine groups is 1. The molecule has 0 aliphatic heterocycles. The van der Waals surface area contributed by atoms with E-state index in [9.17, 15) is 0 Å². The fourth-order valence-corrected chi connectivity index (χ4v) is 2.69. The maximum Gasteiger partial charge on any atom is 0.0521 e. The number of nitrogens with zero attached hydrogens (tertiary/aromatic N) is 1. The molecule has 1 aromatic carbocycles. The molecule has 3 heteroatoms. The van der Waals surface area contributed by atoms with Crippen molar-refractivity contribution in [3.63, 3.8) is 0 Å². The summed E-state index contributed by atoms with van der Waals surface area (Å²) in [6.45, 7) is 4.59. The van der Waals surface area contributed by atoms with E-state index >= 15 is 0 Å². The molecule has 1 aliphatic carbocycles. The van der Waals surface area contributed by atoms with Crippen molar-refractivity contribution >= 4 is 11.6 Å². The summed E-state index contributed by atoms with van der Waals surface area (Å²) in [5.41, 5.74) is 6.47. The molecule has 1 aliphatic rings. The normalized spacial score (nSPS) is 22.5. The van der Waals surface area contributed by atoms with Gasteiger partial charge in [-0.15, -0.1) is 0 Å². The first-order valence-electron chi connectivity index (χ1n) is 5.62. The lowest BCUT2D eigenvalue weighted by Gasteiger charge is -2.31. The van der Waals surface area contributed by atoms with Crippen LogP contribution < -0.4 is 5.43 Å². The zero-order chi connectivity index (χ0) is 11.9. The maximum absolute atomic E-state index is 6.08. The molecule has 0 saturated heterocycles. The van der Waals surface area contributed by atoms with E-state index in [0.29, 0.717) is 6.04 Å². The fraction of sp³-hybridized carbons (Fsp3) is 0.538. The van der Waals surface area contributed by atoms with Crippen molar-refractivity contribution in [2.75, 3.05) is 14.1 Å². The predicted molar refractivity (Wildman–Crippen MR) is 68.5 cm³/mol. The first kappa shape index (κ1) is 11.9. The van der Waals surface area contributed by atoms with E-state index < -0.39 is 0 Å². The van der Waals surface area contributed by atoms with Crippen LogP contribution >= 0.6 is 11.6 Å². The lowest BCUT2D eigenvalue weighted by atomic mass is 9.86. The summed E-state index contributed by atoms with van der Waals surface area (Å²) in [5.74, 6) is 0. The second-order valence-electron chi connectivity index (χ2n) is 5.47. The molecule has 16 heavy (non-hydrogen) atoms. The van der Waals surface area contributed by atoms with Crippen LogP contribution in [-0.4, -0.2) is 19.1 Å². The molecule has 1 N–H and O–H groups in total. The van der Waals surface area contributed by atoms with Crippen molar-refractivity contribution in [3.8, 4) is 0 Å². The largest absolute Gasteiger partial charge is 0.250 e. The summed E-state index contributed by atoms with van der Waals surface area (Å²) in [6, 6.07) is 6.56. The Kier molecular flexibility index (Phi) is 2.99. The minimum atomic E-state index is 0.233. The van der Waals surface area contributed by atoms with Crippen molar-refractivity contribution in [2.24, 2.45) is 5.41 Å². The smallest absolute Gasteiger partial charge is 0.0521 e. The van der Waals surface area contributed by atoms with Gasteiger partial charge in [-0.1, -0.05) is 31.5 Å². The van der Waals surface area contributed by atoms with Gasteiger partial charge in [0.1, 0.15) is 0 Å². The van der Waals surface area contributed by atoms with Gasteiger partial charge in [0.2, 0.25) is 0 Å². The van der Waals surface area contributed by atoms with Crippen molar-refractivity contribution in [1.29, 1.82) is 0 Å². The molecular formula is C13H19ClN2. The SMILES string of the molecule is CN(C)NC1c2cc(Cl)ccc2CC1(C)C. The average Bonchev–Trinajstić information content (AvgIpc) is 2.38. The van der Waals surface area contributed by atoms with Crippen LogP contribution in [0.1, 0.15) is 31.0 Å². The second kappa shape index (κ2) is 4.02. The Hall–Kier alpha value is -0.570. The van der Waals surface area contributed by atoms with Crippen LogP contribution in [0.5, 0.6) is 0 Å². The van der Waals surface area contributed by atoms with Crippen molar-refractivity contribution in [3.05, 3.63) is 34.3 Å². The van der Waals surface area contributed by atoms with E-state index in [2.05, 4.69) is 31.4 Å². The third kappa shape index (κ3) is 2.10. The first-order valence-corrected chi connectivity index (χ1v) is 6.00. The lowest BCUT2D eigenvalue weighted by molar-refractivity contribution is 0.158. The Morgan fingerprint density at radius 2 is 2.06 bits per heavy atom. The van der Waals surface area contributed by atoms with Crippen molar-refractivity contribution in [1.82, 2.24) is 10.4 Å². The van der Waals surface area contributed by atoms with E-state index in [-0.39, 0.29) is 5.41 Å². The number of rotatable bonds is 2. The maximum atomic E-state index is 6.08. The summed E-state index contributed by atoms with van der Waals surface area (Å²) >= 11 is 6.08. The Balaban J connectivity index is 2.39. The Morgan fingerprint density at radius 3 is 2.69 bits per heavy atom. The van der Waals surface area contributed by atoms with Crippen LogP contribution in [0.25, 0.3) is 0 Å². The molecule has 1 unspecified atom stereocenters. The molecule has 0 amide bonds. The molecule has 0 aromatic heterocycles. The molecular weight excluding hydrogens is 220 g/mol. The van der Waals surface area contributed by atoms with Gasteiger partial charge in [0.05, 0.1) is 6.04 Å². The van der Waals surface area contributed by atoms with Gasteiger partial charge in [0.25, 0.3) is 0 Å². The van der Waals surface area contributed by atoms with Crippen LogP contribution in [0, 0.1) is 5.41 Å². The van der Waals surface area contributed by atoms with Crippen LogP contribution in [0.4, 0.5) is 0 Å². The summed E-state index contributed by atoms with van der Waals surface area (Å²) < 4.78 is 0. The number of hydrogen-bond donors (Lipinski definition) is 1. The molecule has 88 valence electrons. The average molecular weight is 239 g/mol. The minimum Gasteiger partial charge on any atom is -0.250 e.